The maximum Gasteiger partial charge on any atom is 0.240 e. The molecule has 6 heteroatoms. The predicted molar refractivity (Wildman–Crippen MR) is 84.1 cm³/mol. The van der Waals surface area contributed by atoms with Crippen LogP contribution in [0.4, 0.5) is 5.69 Å². The van der Waals surface area contributed by atoms with E-state index in [1.165, 1.54) is 7.05 Å². The van der Waals surface area contributed by atoms with Crippen LogP contribution in [0.5, 0.6) is 0 Å². The lowest BCUT2D eigenvalue weighted by Gasteiger charge is -2.30. The summed E-state index contributed by atoms with van der Waals surface area (Å²) in [6.45, 7) is 4.68. The van der Waals surface area contributed by atoms with Crippen LogP contribution in [0.2, 0.25) is 0 Å². The summed E-state index contributed by atoms with van der Waals surface area (Å²) in [6, 6.07) is 5.80. The second-order valence-corrected chi connectivity index (χ2v) is 7.31. The molecule has 0 amide bonds. The van der Waals surface area contributed by atoms with E-state index in [1.54, 1.807) is 13.0 Å². The van der Waals surface area contributed by atoms with Crippen LogP contribution < -0.4 is 10.0 Å². The summed E-state index contributed by atoms with van der Waals surface area (Å²) in [5.41, 5.74) is 1.59. The topological polar surface area (TPSA) is 67.4 Å². The monoisotopic (exact) mass is 312 g/mol. The Kier molecular flexibility index (Phi) is 5.24. The maximum absolute atomic E-state index is 12.0. The fourth-order valence-electron chi connectivity index (χ4n) is 2.62. The van der Waals surface area contributed by atoms with Crippen LogP contribution in [-0.4, -0.2) is 34.2 Å². The molecule has 0 aliphatic carbocycles. The number of nitrogens with one attached hydrogen (secondary N) is 2. The van der Waals surface area contributed by atoms with E-state index < -0.39 is 10.0 Å². The van der Waals surface area contributed by atoms with Crippen molar-refractivity contribution < 1.29 is 13.2 Å². The highest BCUT2D eigenvalue weighted by Crippen LogP contribution is 2.24. The smallest absolute Gasteiger partial charge is 0.240 e. The molecule has 1 aromatic rings. The summed E-state index contributed by atoms with van der Waals surface area (Å²) >= 11 is 0. The molecule has 2 unspecified atom stereocenters. The van der Waals surface area contributed by atoms with Crippen LogP contribution in [-0.2, 0) is 14.8 Å². The first-order valence-electron chi connectivity index (χ1n) is 7.38. The standard InChI is InChI=1S/C15H24N2O3S/c1-4-14-9-13(7-8-20-14)17-12-6-5-11(2)15(10-12)21(18,19)16-3/h5-6,10,13-14,16-17H,4,7-9H2,1-3H3. The summed E-state index contributed by atoms with van der Waals surface area (Å²) in [5, 5.41) is 3.44. The molecule has 1 fully saturated rings. The number of hydrogen-bond donors (Lipinski definition) is 2. The van der Waals surface area contributed by atoms with Gasteiger partial charge in [-0.1, -0.05) is 13.0 Å². The first kappa shape index (κ1) is 16.3. The number of hydrogen-bond acceptors (Lipinski definition) is 4. The van der Waals surface area contributed by atoms with Gasteiger partial charge < -0.3 is 10.1 Å². The Morgan fingerprint density at radius 2 is 2.14 bits per heavy atom. The second kappa shape index (κ2) is 6.77. The van der Waals surface area contributed by atoms with E-state index in [4.69, 9.17) is 4.74 Å². The fraction of sp³-hybridized carbons (Fsp3) is 0.600. The molecule has 21 heavy (non-hydrogen) atoms. The first-order chi connectivity index (χ1) is 9.96. The van der Waals surface area contributed by atoms with Gasteiger partial charge in [-0.3, -0.25) is 0 Å². The zero-order valence-corrected chi connectivity index (χ0v) is 13.7. The summed E-state index contributed by atoms with van der Waals surface area (Å²) in [5.74, 6) is 0. The third kappa shape index (κ3) is 3.96. The summed E-state index contributed by atoms with van der Waals surface area (Å²) in [6.07, 6.45) is 3.20. The van der Waals surface area contributed by atoms with Gasteiger partial charge in [-0.25, -0.2) is 13.1 Å². The molecule has 118 valence electrons. The van der Waals surface area contributed by atoms with Crippen molar-refractivity contribution in [2.75, 3.05) is 19.0 Å². The lowest BCUT2D eigenvalue weighted by molar-refractivity contribution is 0.00925. The molecular formula is C15H24N2O3S. The highest BCUT2D eigenvalue weighted by atomic mass is 32.2. The first-order valence-corrected chi connectivity index (χ1v) is 8.87. The fourth-order valence-corrected chi connectivity index (χ4v) is 3.61. The van der Waals surface area contributed by atoms with E-state index in [-0.39, 0.29) is 0 Å². The van der Waals surface area contributed by atoms with E-state index in [1.807, 2.05) is 12.1 Å². The highest BCUT2D eigenvalue weighted by molar-refractivity contribution is 7.89. The number of benzene rings is 1. The number of rotatable bonds is 5. The molecule has 0 aromatic heterocycles. The molecular weight excluding hydrogens is 288 g/mol. The molecule has 1 aliphatic heterocycles. The van der Waals surface area contributed by atoms with Gasteiger partial charge in [0.1, 0.15) is 0 Å². The summed E-state index contributed by atoms with van der Waals surface area (Å²) in [7, 11) is -1.99. The Morgan fingerprint density at radius 1 is 1.38 bits per heavy atom. The number of ether oxygens (including phenoxy) is 1. The molecule has 0 bridgehead atoms. The molecule has 0 radical (unpaired) electrons. The minimum Gasteiger partial charge on any atom is -0.382 e. The van der Waals surface area contributed by atoms with Gasteiger partial charge >= 0.3 is 0 Å². The molecule has 2 N–H and O–H groups in total. The molecule has 1 aromatic carbocycles. The van der Waals surface area contributed by atoms with Gasteiger partial charge in [-0.05, 0) is 50.9 Å². The zero-order valence-electron chi connectivity index (χ0n) is 12.8. The molecule has 1 heterocycles. The van der Waals surface area contributed by atoms with Crippen molar-refractivity contribution >= 4 is 15.7 Å². The third-order valence-electron chi connectivity index (χ3n) is 3.94. The van der Waals surface area contributed by atoms with Gasteiger partial charge in [0.05, 0.1) is 11.0 Å². The van der Waals surface area contributed by atoms with Gasteiger partial charge in [0, 0.05) is 18.3 Å². The van der Waals surface area contributed by atoms with Crippen LogP contribution in [0.3, 0.4) is 0 Å². The Morgan fingerprint density at radius 3 is 2.81 bits per heavy atom. The van der Waals surface area contributed by atoms with E-state index >= 15 is 0 Å². The van der Waals surface area contributed by atoms with Crippen LogP contribution >= 0.6 is 0 Å². The van der Waals surface area contributed by atoms with Crippen molar-refractivity contribution in [3.8, 4) is 0 Å². The Labute approximate surface area is 127 Å². The van der Waals surface area contributed by atoms with Gasteiger partial charge in [0.15, 0.2) is 0 Å². The zero-order chi connectivity index (χ0) is 15.5. The molecule has 2 atom stereocenters. The average Bonchev–Trinajstić information content (AvgIpc) is 2.49. The van der Waals surface area contributed by atoms with E-state index in [0.29, 0.717) is 17.0 Å². The Bertz CT molecular complexity index is 587. The van der Waals surface area contributed by atoms with Crippen molar-refractivity contribution in [2.24, 2.45) is 0 Å². The number of sulfonamides is 1. The van der Waals surface area contributed by atoms with Gasteiger partial charge in [-0.15, -0.1) is 0 Å². The van der Waals surface area contributed by atoms with Crippen molar-refractivity contribution in [1.29, 1.82) is 0 Å². The maximum atomic E-state index is 12.0. The van der Waals surface area contributed by atoms with Gasteiger partial charge in [-0.2, -0.15) is 0 Å². The number of anilines is 1. The Hall–Kier alpha value is -1.11. The molecule has 1 saturated heterocycles. The third-order valence-corrected chi connectivity index (χ3v) is 5.50. The Balaban J connectivity index is 2.16. The van der Waals surface area contributed by atoms with Crippen LogP contribution in [0.25, 0.3) is 0 Å². The average molecular weight is 312 g/mol. The van der Waals surface area contributed by atoms with Crippen molar-refractivity contribution in [3.63, 3.8) is 0 Å². The molecule has 2 rings (SSSR count). The predicted octanol–water partition coefficient (Wildman–Crippen LogP) is 2.27. The molecule has 1 aliphatic rings. The largest absolute Gasteiger partial charge is 0.382 e. The van der Waals surface area contributed by atoms with Crippen LogP contribution in [0, 0.1) is 6.92 Å². The molecule has 0 spiro atoms. The van der Waals surface area contributed by atoms with E-state index in [9.17, 15) is 8.42 Å². The summed E-state index contributed by atoms with van der Waals surface area (Å²) < 4.78 is 32.0. The van der Waals surface area contributed by atoms with E-state index in [2.05, 4.69) is 17.0 Å². The lowest BCUT2D eigenvalue weighted by Crippen LogP contribution is -2.33. The summed E-state index contributed by atoms with van der Waals surface area (Å²) in [4.78, 5) is 0.328. The minimum absolute atomic E-state index is 0.294. The SMILES string of the molecule is CCC1CC(Nc2ccc(C)c(S(=O)(=O)NC)c2)CCO1. The highest BCUT2D eigenvalue weighted by Gasteiger charge is 2.22. The lowest BCUT2D eigenvalue weighted by atomic mass is 10.0. The molecule has 0 saturated carbocycles. The second-order valence-electron chi connectivity index (χ2n) is 5.45. The van der Waals surface area contributed by atoms with Crippen LogP contribution in [0.15, 0.2) is 23.1 Å². The van der Waals surface area contributed by atoms with E-state index in [0.717, 1.165) is 37.1 Å². The number of aryl methyl sites for hydroxylation is 1. The van der Waals surface area contributed by atoms with Crippen molar-refractivity contribution in [2.45, 2.75) is 50.2 Å². The van der Waals surface area contributed by atoms with Gasteiger partial charge in [0.2, 0.25) is 10.0 Å². The van der Waals surface area contributed by atoms with Gasteiger partial charge in [0.25, 0.3) is 0 Å². The normalized spacial score (nSPS) is 23.0. The van der Waals surface area contributed by atoms with Crippen LogP contribution in [0.1, 0.15) is 31.7 Å². The quantitative estimate of drug-likeness (QED) is 0.875. The van der Waals surface area contributed by atoms with Crippen molar-refractivity contribution in [3.05, 3.63) is 23.8 Å². The minimum atomic E-state index is -3.42. The van der Waals surface area contributed by atoms with Crippen molar-refractivity contribution in [1.82, 2.24) is 4.72 Å². The molecule has 5 nitrogen and oxygen atoms in total.